The van der Waals surface area contributed by atoms with Crippen molar-refractivity contribution in [3.05, 3.63) is 36.0 Å². The van der Waals surface area contributed by atoms with Crippen molar-refractivity contribution in [3.8, 4) is 0 Å². The summed E-state index contributed by atoms with van der Waals surface area (Å²) in [6.45, 7) is 10.8. The average Bonchev–Trinajstić information content (AvgIpc) is 2.82. The van der Waals surface area contributed by atoms with E-state index in [1.807, 2.05) is 6.92 Å². The maximum Gasteiger partial charge on any atom is 0.334 e. The molecule has 0 amide bonds. The maximum absolute atomic E-state index is 12.1. The number of carbonyl (C=O) groups excluding carboxylic acids is 2. The van der Waals surface area contributed by atoms with Crippen LogP contribution in [0.25, 0.3) is 0 Å². The Balaban J connectivity index is 2.39. The van der Waals surface area contributed by atoms with Crippen LogP contribution in [0.2, 0.25) is 0 Å². The van der Waals surface area contributed by atoms with E-state index in [0.29, 0.717) is 5.57 Å². The van der Waals surface area contributed by atoms with Crippen LogP contribution >= 0.6 is 0 Å². The molecule has 138 valence electrons. The minimum Gasteiger partial charge on any atom is -0.459 e. The predicted molar refractivity (Wildman–Crippen MR) is 91.3 cm³/mol. The fourth-order valence-electron chi connectivity index (χ4n) is 2.82. The standard InChI is InChI=1S/C19H26O6/c1-6-7-8-19(22)12(4)9-14-16(13(5)18(21)24-14)15(10-23-19)25-17(20)11(2)3/h7-9,11,14-16,22H,5-6,10H2,1-4H3/b8-7-,12-9?/t14-,15?,16?,19+/m0/s1. The molecule has 2 unspecified atom stereocenters. The van der Waals surface area contributed by atoms with Crippen LogP contribution in [0.1, 0.15) is 34.1 Å². The van der Waals surface area contributed by atoms with E-state index in [4.69, 9.17) is 14.2 Å². The first-order valence-corrected chi connectivity index (χ1v) is 8.52. The molecule has 2 aliphatic heterocycles. The molecule has 1 saturated heterocycles. The fourth-order valence-corrected chi connectivity index (χ4v) is 2.82. The average molecular weight is 350 g/mol. The number of ether oxygens (including phenoxy) is 3. The summed E-state index contributed by atoms with van der Waals surface area (Å²) >= 11 is 0. The molecule has 0 aromatic heterocycles. The summed E-state index contributed by atoms with van der Waals surface area (Å²) in [6.07, 6.45) is 4.26. The molecule has 0 saturated carbocycles. The van der Waals surface area contributed by atoms with Gasteiger partial charge >= 0.3 is 11.9 Å². The number of esters is 2. The zero-order valence-electron chi connectivity index (χ0n) is 15.2. The zero-order chi connectivity index (χ0) is 18.8. The van der Waals surface area contributed by atoms with Gasteiger partial charge in [-0.3, -0.25) is 4.79 Å². The van der Waals surface area contributed by atoms with Crippen molar-refractivity contribution in [1.82, 2.24) is 0 Å². The molecule has 2 aliphatic rings. The van der Waals surface area contributed by atoms with Gasteiger partial charge in [0.05, 0.1) is 18.4 Å². The molecule has 0 bridgehead atoms. The number of hydrogen-bond donors (Lipinski definition) is 1. The molecule has 0 aliphatic carbocycles. The minimum atomic E-state index is -1.64. The maximum atomic E-state index is 12.1. The Bertz CT molecular complexity index is 617. The molecule has 0 spiro atoms. The summed E-state index contributed by atoms with van der Waals surface area (Å²) in [4.78, 5) is 24.0. The lowest BCUT2D eigenvalue weighted by molar-refractivity contribution is -0.186. The lowest BCUT2D eigenvalue weighted by Gasteiger charge is -2.34. The third-order valence-corrected chi connectivity index (χ3v) is 4.43. The van der Waals surface area contributed by atoms with Gasteiger partial charge in [-0.2, -0.15) is 0 Å². The molecule has 0 aromatic rings. The van der Waals surface area contributed by atoms with E-state index in [0.717, 1.165) is 6.42 Å². The Morgan fingerprint density at radius 3 is 2.84 bits per heavy atom. The highest BCUT2D eigenvalue weighted by atomic mass is 16.6. The highest BCUT2D eigenvalue weighted by Crippen LogP contribution is 2.37. The van der Waals surface area contributed by atoms with Crippen LogP contribution in [0.3, 0.4) is 0 Å². The number of fused-ring (bicyclic) bond motifs is 1. The molecule has 0 aromatic carbocycles. The van der Waals surface area contributed by atoms with Gasteiger partial charge in [-0.25, -0.2) is 4.79 Å². The van der Waals surface area contributed by atoms with Crippen molar-refractivity contribution >= 4 is 11.9 Å². The van der Waals surface area contributed by atoms with Gasteiger partial charge in [-0.15, -0.1) is 0 Å². The molecule has 4 atom stereocenters. The summed E-state index contributed by atoms with van der Waals surface area (Å²) < 4.78 is 16.6. The first-order chi connectivity index (χ1) is 11.7. The summed E-state index contributed by atoms with van der Waals surface area (Å²) in [5.74, 6) is -3.44. The fraction of sp³-hybridized carbons (Fsp3) is 0.579. The second-order valence-corrected chi connectivity index (χ2v) is 6.72. The van der Waals surface area contributed by atoms with E-state index in [1.165, 1.54) is 0 Å². The number of allylic oxidation sites excluding steroid dienone is 1. The third kappa shape index (κ3) is 4.02. The van der Waals surface area contributed by atoms with E-state index in [-0.39, 0.29) is 18.1 Å². The van der Waals surface area contributed by atoms with Crippen molar-refractivity contribution in [2.45, 2.75) is 52.1 Å². The summed E-state index contributed by atoms with van der Waals surface area (Å²) in [6, 6.07) is 0. The number of hydrogen-bond acceptors (Lipinski definition) is 6. The smallest absolute Gasteiger partial charge is 0.334 e. The van der Waals surface area contributed by atoms with Gasteiger partial charge in [0.2, 0.25) is 5.79 Å². The first-order valence-electron chi connectivity index (χ1n) is 8.52. The molecule has 25 heavy (non-hydrogen) atoms. The molecule has 2 heterocycles. The molecule has 1 N–H and O–H groups in total. The molecule has 2 rings (SSSR count). The quantitative estimate of drug-likeness (QED) is 0.476. The molecule has 0 radical (unpaired) electrons. The van der Waals surface area contributed by atoms with E-state index < -0.39 is 35.9 Å². The molecule has 6 nitrogen and oxygen atoms in total. The van der Waals surface area contributed by atoms with E-state index in [1.54, 1.807) is 39.0 Å². The van der Waals surface area contributed by atoms with Gasteiger partial charge in [-0.1, -0.05) is 33.4 Å². The molecule has 6 heteroatoms. The molecule has 1 fully saturated rings. The highest BCUT2D eigenvalue weighted by molar-refractivity contribution is 5.91. The highest BCUT2D eigenvalue weighted by Gasteiger charge is 2.47. The van der Waals surface area contributed by atoms with Gasteiger partial charge in [0.15, 0.2) is 0 Å². The molecular weight excluding hydrogens is 324 g/mol. The van der Waals surface area contributed by atoms with E-state index >= 15 is 0 Å². The van der Waals surface area contributed by atoms with Gasteiger partial charge in [0, 0.05) is 5.57 Å². The van der Waals surface area contributed by atoms with Gasteiger partial charge in [0.1, 0.15) is 12.2 Å². The first kappa shape index (κ1) is 19.4. The Labute approximate surface area is 148 Å². The van der Waals surface area contributed by atoms with Crippen LogP contribution in [0.15, 0.2) is 36.0 Å². The Morgan fingerprint density at radius 1 is 1.56 bits per heavy atom. The van der Waals surface area contributed by atoms with Crippen molar-refractivity contribution in [2.24, 2.45) is 11.8 Å². The predicted octanol–water partition coefficient (Wildman–Crippen LogP) is 2.28. The van der Waals surface area contributed by atoms with Crippen molar-refractivity contribution < 1.29 is 28.9 Å². The van der Waals surface area contributed by atoms with Crippen LogP contribution < -0.4 is 0 Å². The van der Waals surface area contributed by atoms with Crippen molar-refractivity contribution in [2.75, 3.05) is 6.61 Å². The number of rotatable bonds is 4. The lowest BCUT2D eigenvalue weighted by atomic mass is 9.88. The summed E-state index contributed by atoms with van der Waals surface area (Å²) in [7, 11) is 0. The van der Waals surface area contributed by atoms with E-state index in [9.17, 15) is 14.7 Å². The van der Waals surface area contributed by atoms with Gasteiger partial charge in [-0.05, 0) is 31.1 Å². The lowest BCUT2D eigenvalue weighted by Crippen LogP contribution is -2.44. The van der Waals surface area contributed by atoms with Crippen LogP contribution in [-0.2, 0) is 23.8 Å². The van der Waals surface area contributed by atoms with Crippen LogP contribution in [0, 0.1) is 11.8 Å². The topological polar surface area (TPSA) is 82.1 Å². The monoisotopic (exact) mass is 350 g/mol. The third-order valence-electron chi connectivity index (χ3n) is 4.43. The van der Waals surface area contributed by atoms with Gasteiger partial charge in [0.25, 0.3) is 0 Å². The normalized spacial score (nSPS) is 32.9. The Kier molecular flexibility index (Phi) is 5.85. The SMILES string of the molecule is C=C1C(=O)O[C@H]2C=C(C)[C@@](O)(/C=C\CC)OCC(OC(=O)C(C)C)C12. The van der Waals surface area contributed by atoms with Crippen molar-refractivity contribution in [1.29, 1.82) is 0 Å². The second kappa shape index (κ2) is 7.54. The Hall–Kier alpha value is -1.92. The zero-order valence-corrected chi connectivity index (χ0v) is 15.2. The largest absolute Gasteiger partial charge is 0.459 e. The van der Waals surface area contributed by atoms with Crippen molar-refractivity contribution in [3.63, 3.8) is 0 Å². The molecular formula is C19H26O6. The van der Waals surface area contributed by atoms with Crippen LogP contribution in [0.5, 0.6) is 0 Å². The number of aliphatic hydroxyl groups is 1. The van der Waals surface area contributed by atoms with Gasteiger partial charge < -0.3 is 19.3 Å². The minimum absolute atomic E-state index is 0.0784. The summed E-state index contributed by atoms with van der Waals surface area (Å²) in [5, 5.41) is 10.8. The Morgan fingerprint density at radius 2 is 2.24 bits per heavy atom. The summed E-state index contributed by atoms with van der Waals surface area (Å²) in [5.41, 5.74) is 0.747. The van der Waals surface area contributed by atoms with E-state index in [2.05, 4.69) is 6.58 Å². The van der Waals surface area contributed by atoms with Crippen LogP contribution in [-0.4, -0.2) is 41.6 Å². The second-order valence-electron chi connectivity index (χ2n) is 6.72. The van der Waals surface area contributed by atoms with Crippen LogP contribution in [0.4, 0.5) is 0 Å². The number of carbonyl (C=O) groups is 2.